The van der Waals surface area contributed by atoms with Gasteiger partial charge in [0.1, 0.15) is 15.8 Å². The Labute approximate surface area is 207 Å². The fourth-order valence-electron chi connectivity index (χ4n) is 6.36. The SMILES string of the molecule is C[C@H](C(=O)NC[C@H]1CCCO1)N1C(=O)[C@@H]2[C@H](C1=O)C1(Cl)c3ccccc3C2(Cl)c2ccccc21. The van der Waals surface area contributed by atoms with Gasteiger partial charge in [-0.15, -0.1) is 23.2 Å². The molecule has 0 saturated carbocycles. The minimum atomic E-state index is -1.25. The average Bonchev–Trinajstić information content (AvgIpc) is 3.46. The highest BCUT2D eigenvalue weighted by atomic mass is 35.5. The number of imide groups is 1. The quantitative estimate of drug-likeness (QED) is 0.518. The van der Waals surface area contributed by atoms with Crippen molar-refractivity contribution in [2.24, 2.45) is 11.8 Å². The number of benzene rings is 2. The fourth-order valence-corrected chi connectivity index (χ4v) is 7.45. The van der Waals surface area contributed by atoms with E-state index in [1.165, 1.54) is 0 Å². The monoisotopic (exact) mass is 498 g/mol. The van der Waals surface area contributed by atoms with Crippen LogP contribution in [0, 0.1) is 11.8 Å². The summed E-state index contributed by atoms with van der Waals surface area (Å²) in [5, 5.41) is 2.84. The van der Waals surface area contributed by atoms with Crippen LogP contribution < -0.4 is 5.32 Å². The predicted molar refractivity (Wildman–Crippen MR) is 126 cm³/mol. The van der Waals surface area contributed by atoms with Gasteiger partial charge in [-0.2, -0.15) is 0 Å². The number of likely N-dealkylation sites (tertiary alicyclic amines) is 1. The summed E-state index contributed by atoms with van der Waals surface area (Å²) in [7, 11) is 0. The summed E-state index contributed by atoms with van der Waals surface area (Å²) in [6.45, 7) is 2.60. The minimum absolute atomic E-state index is 0.0409. The zero-order chi connectivity index (χ0) is 23.8. The van der Waals surface area contributed by atoms with Crippen molar-refractivity contribution in [3.8, 4) is 0 Å². The lowest BCUT2D eigenvalue weighted by Crippen LogP contribution is -2.57. The van der Waals surface area contributed by atoms with E-state index in [2.05, 4.69) is 5.32 Å². The van der Waals surface area contributed by atoms with E-state index in [4.69, 9.17) is 27.9 Å². The molecule has 0 spiro atoms. The van der Waals surface area contributed by atoms with Gasteiger partial charge < -0.3 is 10.1 Å². The van der Waals surface area contributed by atoms with Crippen LogP contribution in [0.3, 0.4) is 0 Å². The molecule has 176 valence electrons. The van der Waals surface area contributed by atoms with Crippen LogP contribution in [-0.2, 0) is 28.9 Å². The molecule has 2 aliphatic heterocycles. The van der Waals surface area contributed by atoms with Crippen molar-refractivity contribution in [3.63, 3.8) is 0 Å². The number of nitrogens with one attached hydrogen (secondary N) is 1. The molecule has 2 bridgehead atoms. The van der Waals surface area contributed by atoms with Gasteiger partial charge in [-0.05, 0) is 42.0 Å². The molecule has 6 nitrogen and oxygen atoms in total. The van der Waals surface area contributed by atoms with E-state index in [1.54, 1.807) is 6.92 Å². The maximum absolute atomic E-state index is 13.9. The Kier molecular flexibility index (Phi) is 4.90. The molecule has 1 N–H and O–H groups in total. The van der Waals surface area contributed by atoms with Gasteiger partial charge in [0.25, 0.3) is 0 Å². The zero-order valence-corrected chi connectivity index (χ0v) is 20.1. The summed E-state index contributed by atoms with van der Waals surface area (Å²) in [6.07, 6.45) is 1.79. The Morgan fingerprint density at radius 2 is 1.47 bits per heavy atom. The average molecular weight is 499 g/mol. The number of ether oxygens (including phenoxy) is 1. The predicted octanol–water partition coefficient (Wildman–Crippen LogP) is 3.26. The second-order valence-corrected chi connectivity index (χ2v) is 10.8. The van der Waals surface area contributed by atoms with Crippen molar-refractivity contribution in [2.75, 3.05) is 13.2 Å². The second kappa shape index (κ2) is 7.54. The van der Waals surface area contributed by atoms with Gasteiger partial charge in [0.15, 0.2) is 0 Å². The van der Waals surface area contributed by atoms with Gasteiger partial charge in [-0.25, -0.2) is 0 Å². The molecule has 4 atom stereocenters. The number of rotatable bonds is 4. The molecule has 0 radical (unpaired) electrons. The molecule has 7 rings (SSSR count). The number of carbonyl (C=O) groups is 3. The van der Waals surface area contributed by atoms with Crippen LogP contribution in [0.2, 0.25) is 0 Å². The highest BCUT2D eigenvalue weighted by Gasteiger charge is 2.73. The van der Waals surface area contributed by atoms with E-state index in [0.717, 1.165) is 40.0 Å². The molecule has 5 aliphatic rings. The Hall–Kier alpha value is -2.41. The Bertz CT molecular complexity index is 1100. The molecular formula is C26H24Cl2N2O4. The summed E-state index contributed by atoms with van der Waals surface area (Å²) in [4.78, 5) is 39.3. The van der Waals surface area contributed by atoms with Gasteiger partial charge in [-0.1, -0.05) is 48.5 Å². The lowest BCUT2D eigenvalue weighted by atomic mass is 9.54. The second-order valence-electron chi connectivity index (χ2n) is 9.57. The first-order chi connectivity index (χ1) is 16.3. The maximum Gasteiger partial charge on any atom is 0.243 e. The van der Waals surface area contributed by atoms with E-state index < -0.39 is 45.3 Å². The summed E-state index contributed by atoms with van der Waals surface area (Å²) in [5.74, 6) is -3.13. The normalized spacial score (nSPS) is 34.0. The summed E-state index contributed by atoms with van der Waals surface area (Å²) < 4.78 is 5.57. The third-order valence-electron chi connectivity index (χ3n) is 7.91. The molecule has 2 aromatic rings. The van der Waals surface area contributed by atoms with Crippen LogP contribution in [-0.4, -0.2) is 47.9 Å². The summed E-state index contributed by atoms with van der Waals surface area (Å²) >= 11 is 14.8. The van der Waals surface area contributed by atoms with E-state index >= 15 is 0 Å². The molecular weight excluding hydrogens is 475 g/mol. The lowest BCUT2D eigenvalue weighted by Gasteiger charge is -2.54. The first kappa shape index (κ1) is 22.1. The first-order valence-corrected chi connectivity index (χ1v) is 12.4. The summed E-state index contributed by atoms with van der Waals surface area (Å²) in [6, 6.07) is 14.0. The molecule has 8 heteroatoms. The number of halogens is 2. The lowest BCUT2D eigenvalue weighted by molar-refractivity contribution is -0.147. The van der Waals surface area contributed by atoms with Crippen LogP contribution in [0.1, 0.15) is 42.0 Å². The molecule has 3 aliphatic carbocycles. The van der Waals surface area contributed by atoms with E-state index in [9.17, 15) is 14.4 Å². The van der Waals surface area contributed by atoms with Crippen LogP contribution >= 0.6 is 23.2 Å². The van der Waals surface area contributed by atoms with Crippen molar-refractivity contribution in [1.82, 2.24) is 10.2 Å². The van der Waals surface area contributed by atoms with Gasteiger partial charge in [0.05, 0.1) is 17.9 Å². The number of alkyl halides is 2. The van der Waals surface area contributed by atoms with Crippen LogP contribution in [0.4, 0.5) is 0 Å². The van der Waals surface area contributed by atoms with Crippen LogP contribution in [0.25, 0.3) is 0 Å². The Balaban J connectivity index is 1.41. The van der Waals surface area contributed by atoms with Crippen molar-refractivity contribution in [2.45, 2.75) is 41.7 Å². The van der Waals surface area contributed by atoms with Crippen LogP contribution in [0.15, 0.2) is 48.5 Å². The third kappa shape index (κ3) is 2.65. The Morgan fingerprint density at radius 1 is 1.00 bits per heavy atom. The molecule has 0 unspecified atom stereocenters. The van der Waals surface area contributed by atoms with Crippen molar-refractivity contribution < 1.29 is 19.1 Å². The largest absolute Gasteiger partial charge is 0.376 e. The minimum Gasteiger partial charge on any atom is -0.376 e. The van der Waals surface area contributed by atoms with Crippen molar-refractivity contribution in [3.05, 3.63) is 70.8 Å². The molecule has 2 aromatic carbocycles. The highest BCUT2D eigenvalue weighted by Crippen LogP contribution is 2.69. The molecule has 34 heavy (non-hydrogen) atoms. The Morgan fingerprint density at radius 3 is 1.88 bits per heavy atom. The van der Waals surface area contributed by atoms with E-state index in [-0.39, 0.29) is 6.10 Å². The standard InChI is InChI=1S/C26H24Cl2N2O4/c1-14(22(31)29-13-15-7-6-12-34-15)30-23(32)20-21(24(30)33)26(28)17-9-3-2-8-16(17)25(20,27)18-10-4-5-11-19(18)26/h2-5,8-11,14-15,20-21H,6-7,12-13H2,1H3,(H,29,31)/t14-,15-,20-,21+,25?,26?/m1/s1. The van der Waals surface area contributed by atoms with Gasteiger partial charge in [-0.3, -0.25) is 19.3 Å². The van der Waals surface area contributed by atoms with E-state index in [0.29, 0.717) is 13.2 Å². The molecule has 0 aromatic heterocycles. The smallest absolute Gasteiger partial charge is 0.243 e. The zero-order valence-electron chi connectivity index (χ0n) is 18.6. The van der Waals surface area contributed by atoms with Crippen molar-refractivity contribution in [1.29, 1.82) is 0 Å². The number of hydrogen-bond acceptors (Lipinski definition) is 4. The van der Waals surface area contributed by atoms with Gasteiger partial charge in [0.2, 0.25) is 17.7 Å². The maximum atomic E-state index is 13.9. The number of amides is 3. The molecule has 2 fully saturated rings. The fraction of sp³-hybridized carbons (Fsp3) is 0.423. The molecule has 2 heterocycles. The number of carbonyl (C=O) groups excluding carboxylic acids is 3. The number of nitrogens with zero attached hydrogens (tertiary/aromatic N) is 1. The molecule has 3 amide bonds. The van der Waals surface area contributed by atoms with Gasteiger partial charge >= 0.3 is 0 Å². The van der Waals surface area contributed by atoms with Crippen LogP contribution in [0.5, 0.6) is 0 Å². The van der Waals surface area contributed by atoms with Crippen molar-refractivity contribution >= 4 is 40.9 Å². The third-order valence-corrected chi connectivity index (χ3v) is 9.20. The highest BCUT2D eigenvalue weighted by molar-refractivity contribution is 6.36. The van der Waals surface area contributed by atoms with E-state index in [1.807, 2.05) is 48.5 Å². The molecule has 2 saturated heterocycles. The summed E-state index contributed by atoms with van der Waals surface area (Å²) in [5.41, 5.74) is 2.96. The first-order valence-electron chi connectivity index (χ1n) is 11.6. The number of hydrogen-bond donors (Lipinski definition) is 1. The topological polar surface area (TPSA) is 75.7 Å². The van der Waals surface area contributed by atoms with Gasteiger partial charge in [0, 0.05) is 13.2 Å².